The highest BCUT2D eigenvalue weighted by molar-refractivity contribution is 6.30. The van der Waals surface area contributed by atoms with Gasteiger partial charge >= 0.3 is 0 Å². The fraction of sp³-hybridized carbons (Fsp3) is 0.647. The smallest absolute Gasteiger partial charge is 0.0409 e. The van der Waals surface area contributed by atoms with Crippen LogP contribution in [0.2, 0.25) is 5.02 Å². The van der Waals surface area contributed by atoms with Gasteiger partial charge in [-0.25, -0.2) is 0 Å². The van der Waals surface area contributed by atoms with Crippen molar-refractivity contribution in [2.24, 2.45) is 11.7 Å². The van der Waals surface area contributed by atoms with E-state index < -0.39 is 0 Å². The Hall–Kier alpha value is -0.570. The summed E-state index contributed by atoms with van der Waals surface area (Å²) in [6.45, 7) is 3.98. The topological polar surface area (TPSA) is 29.3 Å². The number of halogens is 1. The van der Waals surface area contributed by atoms with Crippen molar-refractivity contribution in [2.45, 2.75) is 51.1 Å². The van der Waals surface area contributed by atoms with Gasteiger partial charge in [-0.15, -0.1) is 0 Å². The fourth-order valence-electron chi connectivity index (χ4n) is 3.57. The Kier molecular flexibility index (Phi) is 5.48. The van der Waals surface area contributed by atoms with Crippen LogP contribution in [-0.4, -0.2) is 24.0 Å². The molecule has 2 N–H and O–H groups in total. The van der Waals surface area contributed by atoms with E-state index in [1.165, 1.54) is 37.7 Å². The summed E-state index contributed by atoms with van der Waals surface area (Å²) < 4.78 is 0. The number of rotatable bonds is 5. The Balaban J connectivity index is 2.10. The van der Waals surface area contributed by atoms with Gasteiger partial charge in [-0.2, -0.15) is 0 Å². The third-order valence-corrected chi connectivity index (χ3v) is 5.23. The second-order valence-electron chi connectivity index (χ2n) is 6.29. The van der Waals surface area contributed by atoms with E-state index in [-0.39, 0.29) is 5.54 Å². The van der Waals surface area contributed by atoms with Crippen molar-refractivity contribution in [3.05, 3.63) is 34.9 Å². The molecule has 0 amide bonds. The highest BCUT2D eigenvalue weighted by atomic mass is 35.5. The molecule has 112 valence electrons. The number of hydrogen-bond acceptors (Lipinski definition) is 2. The number of nitrogens with zero attached hydrogens (tertiary/aromatic N) is 1. The zero-order valence-electron chi connectivity index (χ0n) is 12.7. The van der Waals surface area contributed by atoms with Crippen molar-refractivity contribution >= 4 is 11.6 Å². The van der Waals surface area contributed by atoms with E-state index in [1.54, 1.807) is 0 Å². The second kappa shape index (κ2) is 6.93. The molecule has 2 rings (SSSR count). The molecule has 0 radical (unpaired) electrons. The molecule has 2 unspecified atom stereocenters. The lowest BCUT2D eigenvalue weighted by Crippen LogP contribution is -2.54. The first-order chi connectivity index (χ1) is 9.59. The normalized spacial score (nSPS) is 26.9. The SMILES string of the molecule is CCC1CCCC(CN)(N(C)Cc2cccc(Cl)c2)C1. The largest absolute Gasteiger partial charge is 0.329 e. The Morgan fingerprint density at radius 3 is 2.90 bits per heavy atom. The van der Waals surface area contributed by atoms with Gasteiger partial charge in [0.25, 0.3) is 0 Å². The lowest BCUT2D eigenvalue weighted by atomic mass is 9.73. The maximum atomic E-state index is 6.17. The van der Waals surface area contributed by atoms with Crippen molar-refractivity contribution in [2.75, 3.05) is 13.6 Å². The molecular weight excluding hydrogens is 268 g/mol. The fourth-order valence-corrected chi connectivity index (χ4v) is 3.79. The number of benzene rings is 1. The molecule has 1 aliphatic carbocycles. The van der Waals surface area contributed by atoms with Gasteiger partial charge in [0.05, 0.1) is 0 Å². The van der Waals surface area contributed by atoms with Crippen molar-refractivity contribution in [1.29, 1.82) is 0 Å². The maximum Gasteiger partial charge on any atom is 0.0409 e. The third-order valence-electron chi connectivity index (χ3n) is 5.00. The summed E-state index contributed by atoms with van der Waals surface area (Å²) in [5, 5.41) is 0.813. The Bertz CT molecular complexity index is 435. The molecule has 3 heteroatoms. The molecule has 2 atom stereocenters. The minimum Gasteiger partial charge on any atom is -0.329 e. The zero-order valence-corrected chi connectivity index (χ0v) is 13.5. The van der Waals surface area contributed by atoms with Gasteiger partial charge in [-0.1, -0.05) is 49.9 Å². The maximum absolute atomic E-state index is 6.17. The average Bonchev–Trinajstić information content (AvgIpc) is 2.47. The van der Waals surface area contributed by atoms with Gasteiger partial charge in [0.1, 0.15) is 0 Å². The van der Waals surface area contributed by atoms with Crippen LogP contribution in [0.3, 0.4) is 0 Å². The molecule has 2 nitrogen and oxygen atoms in total. The predicted molar refractivity (Wildman–Crippen MR) is 87.0 cm³/mol. The lowest BCUT2D eigenvalue weighted by molar-refractivity contribution is 0.0504. The van der Waals surface area contributed by atoms with E-state index in [9.17, 15) is 0 Å². The Morgan fingerprint density at radius 1 is 1.45 bits per heavy atom. The molecule has 1 saturated carbocycles. The average molecular weight is 295 g/mol. The van der Waals surface area contributed by atoms with E-state index in [1.807, 2.05) is 12.1 Å². The molecule has 0 aliphatic heterocycles. The second-order valence-corrected chi connectivity index (χ2v) is 6.72. The molecule has 0 heterocycles. The van der Waals surface area contributed by atoms with Crippen LogP contribution in [0.25, 0.3) is 0 Å². The van der Waals surface area contributed by atoms with Crippen molar-refractivity contribution in [1.82, 2.24) is 4.90 Å². The molecule has 0 bridgehead atoms. The van der Waals surface area contributed by atoms with E-state index in [0.29, 0.717) is 0 Å². The van der Waals surface area contributed by atoms with Crippen molar-refractivity contribution in [3.63, 3.8) is 0 Å². The van der Waals surface area contributed by atoms with E-state index >= 15 is 0 Å². The van der Waals surface area contributed by atoms with Crippen LogP contribution in [0.5, 0.6) is 0 Å². The summed E-state index contributed by atoms with van der Waals surface area (Å²) in [7, 11) is 2.21. The van der Waals surface area contributed by atoms with Gasteiger partial charge in [-0.05, 0) is 43.5 Å². The van der Waals surface area contributed by atoms with Crippen LogP contribution in [0.1, 0.15) is 44.6 Å². The Labute approximate surface area is 128 Å². The van der Waals surface area contributed by atoms with Crippen LogP contribution in [0.15, 0.2) is 24.3 Å². The minimum absolute atomic E-state index is 0.168. The summed E-state index contributed by atoms with van der Waals surface area (Å²) in [4.78, 5) is 2.46. The van der Waals surface area contributed by atoms with E-state index in [0.717, 1.165) is 24.0 Å². The molecule has 1 aromatic carbocycles. The number of likely N-dealkylation sites (N-methyl/N-ethyl adjacent to an activating group) is 1. The van der Waals surface area contributed by atoms with Crippen LogP contribution in [0.4, 0.5) is 0 Å². The first-order valence-corrected chi connectivity index (χ1v) is 8.13. The summed E-state index contributed by atoms with van der Waals surface area (Å²) in [5.41, 5.74) is 7.61. The van der Waals surface area contributed by atoms with E-state index in [4.69, 9.17) is 17.3 Å². The number of hydrogen-bond donors (Lipinski definition) is 1. The summed E-state index contributed by atoms with van der Waals surface area (Å²) in [6.07, 6.45) is 6.39. The van der Waals surface area contributed by atoms with Crippen LogP contribution in [0, 0.1) is 5.92 Å². The third kappa shape index (κ3) is 3.55. The van der Waals surface area contributed by atoms with Crippen molar-refractivity contribution < 1.29 is 0 Å². The molecule has 1 aliphatic rings. The van der Waals surface area contributed by atoms with Gasteiger partial charge in [0.2, 0.25) is 0 Å². The number of nitrogens with two attached hydrogens (primary N) is 1. The van der Waals surface area contributed by atoms with Gasteiger partial charge < -0.3 is 5.73 Å². The van der Waals surface area contributed by atoms with Crippen LogP contribution in [-0.2, 0) is 6.54 Å². The van der Waals surface area contributed by atoms with Crippen LogP contribution >= 0.6 is 11.6 Å². The minimum atomic E-state index is 0.168. The lowest BCUT2D eigenvalue weighted by Gasteiger charge is -2.46. The Morgan fingerprint density at radius 2 is 2.25 bits per heavy atom. The molecule has 1 fully saturated rings. The molecule has 0 aromatic heterocycles. The van der Waals surface area contributed by atoms with Crippen LogP contribution < -0.4 is 5.73 Å². The highest BCUT2D eigenvalue weighted by Gasteiger charge is 2.37. The summed E-state index contributed by atoms with van der Waals surface area (Å²) >= 11 is 6.09. The molecule has 0 saturated heterocycles. The van der Waals surface area contributed by atoms with Gasteiger partial charge in [0, 0.05) is 23.7 Å². The summed E-state index contributed by atoms with van der Waals surface area (Å²) in [5.74, 6) is 0.828. The molecule has 1 aromatic rings. The van der Waals surface area contributed by atoms with Gasteiger partial charge in [-0.3, -0.25) is 4.90 Å². The van der Waals surface area contributed by atoms with Crippen molar-refractivity contribution in [3.8, 4) is 0 Å². The quantitative estimate of drug-likeness (QED) is 0.887. The zero-order chi connectivity index (χ0) is 14.6. The first kappa shape index (κ1) is 15.8. The first-order valence-electron chi connectivity index (χ1n) is 7.75. The van der Waals surface area contributed by atoms with E-state index in [2.05, 4.69) is 31.0 Å². The molecule has 0 spiro atoms. The highest BCUT2D eigenvalue weighted by Crippen LogP contribution is 2.37. The summed E-state index contributed by atoms with van der Waals surface area (Å²) in [6, 6.07) is 8.16. The monoisotopic (exact) mass is 294 g/mol. The van der Waals surface area contributed by atoms with Gasteiger partial charge in [0.15, 0.2) is 0 Å². The standard InChI is InChI=1S/C17H27ClN2/c1-3-14-7-5-9-17(11-14,13-19)20(2)12-15-6-4-8-16(18)10-15/h4,6,8,10,14H,3,5,7,9,11-13,19H2,1-2H3. The predicted octanol–water partition coefficient (Wildman–Crippen LogP) is 4.07. The molecular formula is C17H27ClN2. The molecule has 20 heavy (non-hydrogen) atoms.